The maximum absolute atomic E-state index is 5.91. The molecule has 0 amide bonds. The molecule has 0 radical (unpaired) electrons. The molecule has 2 aliphatic rings. The Hall–Kier alpha value is -0.830. The van der Waals surface area contributed by atoms with Gasteiger partial charge in [0.2, 0.25) is 0 Å². The number of rotatable bonds is 6. The van der Waals surface area contributed by atoms with Crippen LogP contribution in [0.15, 0.2) is 17.4 Å². The van der Waals surface area contributed by atoms with Crippen LogP contribution in [0.25, 0.3) is 0 Å². The molecule has 2 fully saturated rings. The number of hydrogen-bond donors (Lipinski definition) is 2. The summed E-state index contributed by atoms with van der Waals surface area (Å²) in [4.78, 5) is 4.37. The number of aryl methyl sites for hydroxylation is 1. The number of aliphatic imine (C=N–C) groups is 1. The van der Waals surface area contributed by atoms with Crippen LogP contribution in [-0.4, -0.2) is 48.1 Å². The number of nitrogens with one attached hydrogen (secondary N) is 2. The molecule has 24 heavy (non-hydrogen) atoms. The van der Waals surface area contributed by atoms with E-state index in [2.05, 4.69) is 40.8 Å². The summed E-state index contributed by atoms with van der Waals surface area (Å²) >= 11 is 0. The first-order valence-corrected chi connectivity index (χ1v) is 8.76. The van der Waals surface area contributed by atoms with Crippen LogP contribution in [-0.2, 0) is 11.3 Å². The van der Waals surface area contributed by atoms with E-state index < -0.39 is 0 Å². The Kier molecular flexibility index (Phi) is 6.91. The highest BCUT2D eigenvalue weighted by Crippen LogP contribution is 2.57. The second kappa shape index (κ2) is 8.51. The van der Waals surface area contributed by atoms with E-state index in [9.17, 15) is 0 Å². The van der Waals surface area contributed by atoms with Gasteiger partial charge in [0.25, 0.3) is 0 Å². The average molecular weight is 447 g/mol. The van der Waals surface area contributed by atoms with Crippen LogP contribution >= 0.6 is 24.0 Å². The van der Waals surface area contributed by atoms with E-state index in [-0.39, 0.29) is 24.0 Å². The normalized spacial score (nSPS) is 24.7. The van der Waals surface area contributed by atoms with E-state index >= 15 is 0 Å². The molecule has 2 N–H and O–H groups in total. The van der Waals surface area contributed by atoms with Gasteiger partial charge in [0.1, 0.15) is 0 Å². The smallest absolute Gasteiger partial charge is 0.191 e. The summed E-state index contributed by atoms with van der Waals surface area (Å²) in [6.07, 6.45) is 9.34. The van der Waals surface area contributed by atoms with Crippen LogP contribution < -0.4 is 10.6 Å². The van der Waals surface area contributed by atoms with Gasteiger partial charge in [0, 0.05) is 37.9 Å². The van der Waals surface area contributed by atoms with Crippen LogP contribution in [0, 0.1) is 12.3 Å². The topological polar surface area (TPSA) is 63.5 Å². The molecule has 7 heteroatoms. The molecule has 1 heterocycles. The van der Waals surface area contributed by atoms with Crippen molar-refractivity contribution in [2.75, 3.05) is 20.2 Å². The summed E-state index contributed by atoms with van der Waals surface area (Å²) in [5, 5.41) is 11.3. The van der Waals surface area contributed by atoms with Gasteiger partial charge in [0.15, 0.2) is 5.96 Å². The number of ether oxygens (including phenoxy) is 1. The SMILES string of the molecule is CCOC1CC(NC(=NC)NCCn2cc(C)cn2)C12CCC2.I. The molecule has 0 aliphatic heterocycles. The fraction of sp³-hybridized carbons (Fsp3) is 0.765. The van der Waals surface area contributed by atoms with Gasteiger partial charge in [-0.25, -0.2) is 0 Å². The van der Waals surface area contributed by atoms with E-state index in [1.54, 1.807) is 0 Å². The monoisotopic (exact) mass is 447 g/mol. The lowest BCUT2D eigenvalue weighted by Crippen LogP contribution is -2.68. The molecule has 0 bridgehead atoms. The molecule has 6 nitrogen and oxygen atoms in total. The van der Waals surface area contributed by atoms with Crippen LogP contribution in [0.4, 0.5) is 0 Å². The molecule has 136 valence electrons. The van der Waals surface area contributed by atoms with Gasteiger partial charge in [-0.1, -0.05) is 6.42 Å². The largest absolute Gasteiger partial charge is 0.378 e. The van der Waals surface area contributed by atoms with Gasteiger partial charge in [0.05, 0.1) is 18.8 Å². The number of nitrogens with zero attached hydrogens (tertiary/aromatic N) is 3. The molecule has 2 aliphatic carbocycles. The Bertz CT molecular complexity index is 555. The van der Waals surface area contributed by atoms with Crippen molar-refractivity contribution < 1.29 is 4.74 Å². The standard InChI is InChI=1S/C17H29N5O.HI/c1-4-23-15-10-14(17(15)6-5-7-17)21-16(18-3)19-8-9-22-12-13(2)11-20-22;/h11-12,14-15H,4-10H2,1-3H3,(H2,18,19,21);1H. The van der Waals surface area contributed by atoms with Crippen molar-refractivity contribution in [1.82, 2.24) is 20.4 Å². The third-order valence-corrected chi connectivity index (χ3v) is 5.37. The fourth-order valence-corrected chi connectivity index (χ4v) is 3.88. The predicted molar refractivity (Wildman–Crippen MR) is 107 cm³/mol. The van der Waals surface area contributed by atoms with E-state index in [4.69, 9.17) is 4.74 Å². The van der Waals surface area contributed by atoms with Gasteiger partial charge < -0.3 is 15.4 Å². The van der Waals surface area contributed by atoms with Crippen molar-refractivity contribution in [2.45, 2.75) is 58.2 Å². The van der Waals surface area contributed by atoms with Crippen molar-refractivity contribution in [3.63, 3.8) is 0 Å². The van der Waals surface area contributed by atoms with Crippen molar-refractivity contribution in [3.8, 4) is 0 Å². The maximum atomic E-state index is 5.91. The molecule has 2 unspecified atom stereocenters. The van der Waals surface area contributed by atoms with Crippen molar-refractivity contribution in [1.29, 1.82) is 0 Å². The summed E-state index contributed by atoms with van der Waals surface area (Å²) < 4.78 is 7.87. The van der Waals surface area contributed by atoms with E-state index in [0.717, 1.165) is 32.1 Å². The lowest BCUT2D eigenvalue weighted by Gasteiger charge is -2.61. The highest BCUT2D eigenvalue weighted by atomic mass is 127. The predicted octanol–water partition coefficient (Wildman–Crippen LogP) is 2.32. The zero-order valence-corrected chi connectivity index (χ0v) is 17.2. The van der Waals surface area contributed by atoms with Crippen LogP contribution in [0.3, 0.4) is 0 Å². The molecule has 1 aromatic rings. The van der Waals surface area contributed by atoms with Crippen LogP contribution in [0.2, 0.25) is 0 Å². The minimum absolute atomic E-state index is 0. The summed E-state index contributed by atoms with van der Waals surface area (Å²) in [6, 6.07) is 0.492. The highest BCUT2D eigenvalue weighted by Gasteiger charge is 2.59. The average Bonchev–Trinajstić information content (AvgIpc) is 2.88. The van der Waals surface area contributed by atoms with E-state index in [1.165, 1.54) is 24.8 Å². The quantitative estimate of drug-likeness (QED) is 0.399. The first kappa shape index (κ1) is 19.5. The second-order valence-electron chi connectivity index (χ2n) is 6.74. The molecule has 1 spiro atoms. The minimum atomic E-state index is 0. The third kappa shape index (κ3) is 3.87. The minimum Gasteiger partial charge on any atom is -0.378 e. The second-order valence-corrected chi connectivity index (χ2v) is 6.74. The molecule has 0 saturated heterocycles. The molecular weight excluding hydrogens is 417 g/mol. The van der Waals surface area contributed by atoms with Crippen LogP contribution in [0.5, 0.6) is 0 Å². The van der Waals surface area contributed by atoms with Crippen molar-refractivity contribution in [2.24, 2.45) is 10.4 Å². The molecule has 1 aromatic heterocycles. The summed E-state index contributed by atoms with van der Waals surface area (Å²) in [5.74, 6) is 0.889. The third-order valence-electron chi connectivity index (χ3n) is 5.37. The van der Waals surface area contributed by atoms with Gasteiger partial charge in [-0.15, -0.1) is 24.0 Å². The first-order chi connectivity index (χ1) is 11.2. The molecule has 3 rings (SSSR count). The zero-order valence-electron chi connectivity index (χ0n) is 14.9. The Labute approximate surface area is 161 Å². The molecule has 2 atom stereocenters. The maximum Gasteiger partial charge on any atom is 0.191 e. The lowest BCUT2D eigenvalue weighted by atomic mass is 9.51. The van der Waals surface area contributed by atoms with Crippen LogP contribution in [0.1, 0.15) is 38.2 Å². The lowest BCUT2D eigenvalue weighted by molar-refractivity contribution is -0.168. The zero-order chi connectivity index (χ0) is 16.3. The Morgan fingerprint density at radius 2 is 2.29 bits per heavy atom. The summed E-state index contributed by atoms with van der Waals surface area (Å²) in [5.41, 5.74) is 1.54. The summed E-state index contributed by atoms with van der Waals surface area (Å²) in [7, 11) is 1.83. The van der Waals surface area contributed by atoms with Gasteiger partial charge in [-0.3, -0.25) is 9.67 Å². The van der Waals surface area contributed by atoms with Gasteiger partial charge in [-0.05, 0) is 38.7 Å². The van der Waals surface area contributed by atoms with Crippen molar-refractivity contribution in [3.05, 3.63) is 18.0 Å². The fourth-order valence-electron chi connectivity index (χ4n) is 3.88. The molecule has 0 aromatic carbocycles. The highest BCUT2D eigenvalue weighted by molar-refractivity contribution is 14.0. The Morgan fingerprint density at radius 3 is 2.83 bits per heavy atom. The van der Waals surface area contributed by atoms with Gasteiger partial charge >= 0.3 is 0 Å². The number of guanidine groups is 1. The van der Waals surface area contributed by atoms with E-state index in [0.29, 0.717) is 17.6 Å². The molecule has 2 saturated carbocycles. The van der Waals surface area contributed by atoms with Crippen molar-refractivity contribution >= 4 is 29.9 Å². The first-order valence-electron chi connectivity index (χ1n) is 8.76. The number of halogens is 1. The number of hydrogen-bond acceptors (Lipinski definition) is 3. The Morgan fingerprint density at radius 1 is 1.50 bits per heavy atom. The summed E-state index contributed by atoms with van der Waals surface area (Å²) in [6.45, 7) is 6.61. The molecular formula is C17H30IN5O. The van der Waals surface area contributed by atoms with E-state index in [1.807, 2.05) is 17.9 Å². The number of aromatic nitrogens is 2. The van der Waals surface area contributed by atoms with Gasteiger partial charge in [-0.2, -0.15) is 5.10 Å². The Balaban J connectivity index is 0.00000208.